The molecule has 0 unspecified atom stereocenters. The number of carbonyl (C=O) groups is 2. The molecule has 3 rings (SSSR count). The molecular weight excluding hydrogens is 414 g/mol. The van der Waals surface area contributed by atoms with Gasteiger partial charge in [-0.05, 0) is 50.0 Å². The summed E-state index contributed by atoms with van der Waals surface area (Å²) >= 11 is 0. The second kappa shape index (κ2) is 14.0. The number of rotatable bonds is 11. The van der Waals surface area contributed by atoms with Crippen LogP contribution in [0.1, 0.15) is 44.1 Å². The molecule has 0 saturated carbocycles. The molecule has 1 aliphatic rings. The van der Waals surface area contributed by atoms with Gasteiger partial charge in [0.1, 0.15) is 12.1 Å². The van der Waals surface area contributed by atoms with E-state index in [4.69, 9.17) is 14.9 Å². The highest BCUT2D eigenvalue weighted by Crippen LogP contribution is 2.17. The molecule has 10 nitrogen and oxygen atoms in total. The van der Waals surface area contributed by atoms with Crippen molar-refractivity contribution in [2.45, 2.75) is 45.1 Å². The fraction of sp³-hybridized carbons (Fsp3) is 0.545. The fourth-order valence-electron chi connectivity index (χ4n) is 3.24. The van der Waals surface area contributed by atoms with Crippen molar-refractivity contribution in [3.8, 4) is 5.75 Å². The Bertz CT molecular complexity index is 822. The molecule has 0 amide bonds. The first kappa shape index (κ1) is 25.1. The van der Waals surface area contributed by atoms with E-state index in [1.54, 1.807) is 11.0 Å². The van der Waals surface area contributed by atoms with Crippen LogP contribution in [0.2, 0.25) is 0 Å². The molecule has 1 fully saturated rings. The van der Waals surface area contributed by atoms with Gasteiger partial charge in [-0.2, -0.15) is 10.1 Å². The van der Waals surface area contributed by atoms with Crippen LogP contribution < -0.4 is 10.1 Å². The number of carboxylic acid groups (broad SMARTS) is 2. The number of benzene rings is 1. The Morgan fingerprint density at radius 3 is 2.47 bits per heavy atom. The van der Waals surface area contributed by atoms with Gasteiger partial charge >= 0.3 is 11.9 Å². The average Bonchev–Trinajstić information content (AvgIpc) is 3.18. The fourth-order valence-corrected chi connectivity index (χ4v) is 3.24. The van der Waals surface area contributed by atoms with Gasteiger partial charge in [-0.3, -0.25) is 14.5 Å². The molecule has 1 aromatic carbocycles. The molecule has 3 N–H and O–H groups in total. The Kier molecular flexibility index (Phi) is 11.0. The van der Waals surface area contributed by atoms with E-state index in [9.17, 15) is 9.59 Å². The molecule has 10 heteroatoms. The van der Waals surface area contributed by atoms with E-state index >= 15 is 0 Å². The lowest BCUT2D eigenvalue weighted by Crippen LogP contribution is -2.29. The largest absolute Gasteiger partial charge is 0.494 e. The maximum atomic E-state index is 9.64. The minimum atomic E-state index is -1.08. The number of aromatic nitrogens is 3. The van der Waals surface area contributed by atoms with E-state index in [-0.39, 0.29) is 12.8 Å². The monoisotopic (exact) mass is 447 g/mol. The van der Waals surface area contributed by atoms with Crippen LogP contribution in [0.3, 0.4) is 0 Å². The lowest BCUT2D eigenvalue weighted by Gasteiger charge is -2.26. The lowest BCUT2D eigenvalue weighted by molar-refractivity contribution is -0.143. The number of anilines is 1. The van der Waals surface area contributed by atoms with Crippen molar-refractivity contribution in [1.29, 1.82) is 0 Å². The third-order valence-electron chi connectivity index (χ3n) is 4.89. The average molecular weight is 448 g/mol. The smallest absolute Gasteiger partial charge is 0.303 e. The molecule has 2 aromatic rings. The van der Waals surface area contributed by atoms with Crippen LogP contribution in [0.5, 0.6) is 5.75 Å². The van der Waals surface area contributed by atoms with Crippen molar-refractivity contribution in [1.82, 2.24) is 19.7 Å². The number of likely N-dealkylation sites (tertiary alicyclic amines) is 1. The quantitative estimate of drug-likeness (QED) is 0.445. The third kappa shape index (κ3) is 10.3. The highest BCUT2D eigenvalue weighted by molar-refractivity contribution is 5.75. The normalized spacial score (nSPS) is 13.7. The summed E-state index contributed by atoms with van der Waals surface area (Å²) in [7, 11) is 1.87. The summed E-state index contributed by atoms with van der Waals surface area (Å²) in [5.41, 5.74) is 1.34. The van der Waals surface area contributed by atoms with Crippen molar-refractivity contribution in [3.05, 3.63) is 36.2 Å². The molecule has 1 saturated heterocycles. The van der Waals surface area contributed by atoms with Gasteiger partial charge in [0.15, 0.2) is 0 Å². The van der Waals surface area contributed by atoms with Gasteiger partial charge in [-0.25, -0.2) is 4.68 Å². The summed E-state index contributed by atoms with van der Waals surface area (Å²) in [5.74, 6) is -0.401. The molecule has 1 aliphatic heterocycles. The highest BCUT2D eigenvalue weighted by atomic mass is 16.5. The maximum Gasteiger partial charge on any atom is 0.303 e. The summed E-state index contributed by atoms with van der Waals surface area (Å²) in [6.07, 6.45) is 5.91. The van der Waals surface area contributed by atoms with Crippen molar-refractivity contribution in [2.75, 3.05) is 31.6 Å². The summed E-state index contributed by atoms with van der Waals surface area (Å²) in [4.78, 5) is 25.9. The molecule has 32 heavy (non-hydrogen) atoms. The molecule has 176 valence electrons. The molecule has 1 aromatic heterocycles. The minimum Gasteiger partial charge on any atom is -0.494 e. The molecular formula is C22H33N5O5. The van der Waals surface area contributed by atoms with Gasteiger partial charge in [-0.1, -0.05) is 18.6 Å². The van der Waals surface area contributed by atoms with Gasteiger partial charge in [0, 0.05) is 20.1 Å². The number of hydrogen-bond donors (Lipinski definition) is 3. The van der Waals surface area contributed by atoms with Gasteiger partial charge in [0.2, 0.25) is 5.95 Å². The van der Waals surface area contributed by atoms with Crippen molar-refractivity contribution in [2.24, 2.45) is 7.05 Å². The Balaban J connectivity index is 0.000000390. The van der Waals surface area contributed by atoms with Crippen LogP contribution >= 0.6 is 0 Å². The maximum absolute atomic E-state index is 9.64. The molecule has 0 spiro atoms. The zero-order chi connectivity index (χ0) is 23.2. The summed E-state index contributed by atoms with van der Waals surface area (Å²) in [6, 6.07) is 8.49. The van der Waals surface area contributed by atoms with Gasteiger partial charge in [-0.15, -0.1) is 0 Å². The second-order valence-electron chi connectivity index (χ2n) is 7.61. The SMILES string of the molecule is Cn1ncnc1NCCCOc1cccc(CN2CCCCC2)c1.O=C(O)CCC(=O)O. The minimum absolute atomic E-state index is 0.296. The summed E-state index contributed by atoms with van der Waals surface area (Å²) < 4.78 is 7.61. The predicted molar refractivity (Wildman–Crippen MR) is 120 cm³/mol. The third-order valence-corrected chi connectivity index (χ3v) is 4.89. The van der Waals surface area contributed by atoms with Crippen molar-refractivity contribution < 1.29 is 24.5 Å². The summed E-state index contributed by atoms with van der Waals surface area (Å²) in [6.45, 7) is 4.99. The zero-order valence-electron chi connectivity index (χ0n) is 18.6. The lowest BCUT2D eigenvalue weighted by atomic mass is 10.1. The standard InChI is InChI=1S/C18H27N5O.C4H6O4/c1-22-18(20-15-21-22)19-9-6-12-24-17-8-5-7-16(13-17)14-23-10-3-2-4-11-23;5-3(6)1-2-4(7)8/h5,7-8,13,15H,2-4,6,9-12,14H2,1H3,(H,19,20,21);1-2H2,(H,5,6)(H,7,8). The van der Waals surface area contributed by atoms with Gasteiger partial charge in [0.05, 0.1) is 19.4 Å². The highest BCUT2D eigenvalue weighted by Gasteiger charge is 2.10. The van der Waals surface area contributed by atoms with E-state index in [0.29, 0.717) is 6.61 Å². The van der Waals surface area contributed by atoms with Crippen LogP contribution in [0.25, 0.3) is 0 Å². The number of ether oxygens (including phenoxy) is 1. The second-order valence-corrected chi connectivity index (χ2v) is 7.61. The Morgan fingerprint density at radius 2 is 1.84 bits per heavy atom. The van der Waals surface area contributed by atoms with E-state index < -0.39 is 11.9 Å². The number of piperidine rings is 1. The van der Waals surface area contributed by atoms with E-state index in [0.717, 1.165) is 31.2 Å². The molecule has 0 aliphatic carbocycles. The van der Waals surface area contributed by atoms with Crippen LogP contribution in [-0.2, 0) is 23.2 Å². The first-order valence-corrected chi connectivity index (χ1v) is 10.9. The van der Waals surface area contributed by atoms with E-state index in [1.807, 2.05) is 13.1 Å². The number of aryl methyl sites for hydroxylation is 1. The Morgan fingerprint density at radius 1 is 1.12 bits per heavy atom. The number of nitrogens with zero attached hydrogens (tertiary/aromatic N) is 4. The number of hydrogen-bond acceptors (Lipinski definition) is 7. The van der Waals surface area contributed by atoms with Crippen LogP contribution in [0.4, 0.5) is 5.95 Å². The molecule has 2 heterocycles. The van der Waals surface area contributed by atoms with E-state index in [1.165, 1.54) is 37.9 Å². The van der Waals surface area contributed by atoms with Crippen molar-refractivity contribution in [3.63, 3.8) is 0 Å². The Hall–Kier alpha value is -3.14. The molecule has 0 radical (unpaired) electrons. The van der Waals surface area contributed by atoms with Crippen LogP contribution in [-0.4, -0.2) is 68.1 Å². The number of aliphatic carboxylic acids is 2. The van der Waals surface area contributed by atoms with Crippen LogP contribution in [0.15, 0.2) is 30.6 Å². The molecule has 0 atom stereocenters. The van der Waals surface area contributed by atoms with Gasteiger partial charge in [0.25, 0.3) is 0 Å². The Labute approximate surface area is 188 Å². The topological polar surface area (TPSA) is 130 Å². The van der Waals surface area contributed by atoms with Crippen molar-refractivity contribution >= 4 is 17.9 Å². The predicted octanol–water partition coefficient (Wildman–Crippen LogP) is 2.62. The number of carboxylic acids is 2. The van der Waals surface area contributed by atoms with Crippen LogP contribution in [0, 0.1) is 0 Å². The van der Waals surface area contributed by atoms with Gasteiger partial charge < -0.3 is 20.3 Å². The first-order valence-electron chi connectivity index (χ1n) is 10.9. The zero-order valence-corrected chi connectivity index (χ0v) is 18.6. The first-order chi connectivity index (χ1) is 15.4. The molecule has 0 bridgehead atoms. The van der Waals surface area contributed by atoms with E-state index in [2.05, 4.69) is 38.5 Å². The summed E-state index contributed by atoms with van der Waals surface area (Å²) in [5, 5.41) is 23.1. The number of nitrogens with one attached hydrogen (secondary N) is 1.